The monoisotopic (exact) mass is 341 g/mol. The Bertz CT molecular complexity index is 686. The molecule has 0 bridgehead atoms. The minimum absolute atomic E-state index is 0.133. The van der Waals surface area contributed by atoms with Gasteiger partial charge in [-0.25, -0.2) is 0 Å². The number of carbonyl (C=O) groups excluding carboxylic acids is 1. The van der Waals surface area contributed by atoms with Crippen molar-refractivity contribution >= 4 is 29.5 Å². The van der Waals surface area contributed by atoms with Gasteiger partial charge < -0.3 is 19.4 Å². The van der Waals surface area contributed by atoms with Crippen molar-refractivity contribution < 1.29 is 19.4 Å². The molecule has 1 aromatic carbocycles. The average Bonchev–Trinajstić information content (AvgIpc) is 2.51. The molecule has 0 amide bonds. The highest BCUT2D eigenvalue weighted by molar-refractivity contribution is 6.36. The zero-order valence-electron chi connectivity index (χ0n) is 11.8. The van der Waals surface area contributed by atoms with Crippen LogP contribution in [-0.2, 0) is 4.79 Å². The molecule has 0 aliphatic heterocycles. The number of benzene rings is 1. The second-order valence-electron chi connectivity index (χ2n) is 4.37. The van der Waals surface area contributed by atoms with E-state index in [2.05, 4.69) is 4.98 Å². The van der Waals surface area contributed by atoms with E-state index in [1.54, 1.807) is 12.1 Å². The lowest BCUT2D eigenvalue weighted by molar-refractivity contribution is -0.108. The maximum absolute atomic E-state index is 11.6. The van der Waals surface area contributed by atoms with Gasteiger partial charge >= 0.3 is 0 Å². The third kappa shape index (κ3) is 2.82. The van der Waals surface area contributed by atoms with Crippen LogP contribution in [0, 0.1) is 0 Å². The fourth-order valence-electron chi connectivity index (χ4n) is 2.19. The van der Waals surface area contributed by atoms with Gasteiger partial charge in [-0.3, -0.25) is 4.98 Å². The minimum Gasteiger partial charge on any atom is -0.504 e. The van der Waals surface area contributed by atoms with Gasteiger partial charge in [-0.05, 0) is 6.07 Å². The summed E-state index contributed by atoms with van der Waals surface area (Å²) < 4.78 is 10.2. The van der Waals surface area contributed by atoms with Crippen LogP contribution >= 0.6 is 23.2 Å². The molecule has 5 nitrogen and oxygen atoms in total. The highest BCUT2D eigenvalue weighted by Crippen LogP contribution is 2.44. The summed E-state index contributed by atoms with van der Waals surface area (Å²) in [5.41, 5.74) is 0.679. The third-order valence-electron chi connectivity index (χ3n) is 3.22. The first-order chi connectivity index (χ1) is 10.5. The summed E-state index contributed by atoms with van der Waals surface area (Å²) >= 11 is 12.2. The largest absolute Gasteiger partial charge is 0.504 e. The second kappa shape index (κ2) is 6.85. The molecular formula is C15H13Cl2NO4. The van der Waals surface area contributed by atoms with Crippen molar-refractivity contribution in [1.82, 2.24) is 4.98 Å². The van der Waals surface area contributed by atoms with E-state index in [0.717, 1.165) is 0 Å². The number of ether oxygens (including phenoxy) is 2. The van der Waals surface area contributed by atoms with Crippen LogP contribution in [0.4, 0.5) is 0 Å². The first-order valence-electron chi connectivity index (χ1n) is 6.23. The molecule has 1 aromatic heterocycles. The van der Waals surface area contributed by atoms with Gasteiger partial charge in [0.25, 0.3) is 0 Å². The normalized spacial score (nSPS) is 11.8. The molecule has 0 aliphatic rings. The van der Waals surface area contributed by atoms with E-state index in [1.807, 2.05) is 0 Å². The van der Waals surface area contributed by atoms with Gasteiger partial charge in [0.1, 0.15) is 6.29 Å². The number of halogens is 2. The number of aromatic hydroxyl groups is 1. The predicted molar refractivity (Wildman–Crippen MR) is 83.4 cm³/mol. The number of pyridine rings is 1. The van der Waals surface area contributed by atoms with Crippen LogP contribution in [0.5, 0.6) is 17.2 Å². The molecule has 0 saturated carbocycles. The van der Waals surface area contributed by atoms with Gasteiger partial charge in [-0.15, -0.1) is 0 Å². The molecule has 2 rings (SSSR count). The molecule has 116 valence electrons. The van der Waals surface area contributed by atoms with Crippen molar-refractivity contribution in [3.05, 3.63) is 45.7 Å². The summed E-state index contributed by atoms with van der Waals surface area (Å²) in [7, 11) is 2.84. The number of aromatic nitrogens is 1. The van der Waals surface area contributed by atoms with E-state index < -0.39 is 5.92 Å². The smallest absolute Gasteiger partial charge is 0.203 e. The summed E-state index contributed by atoms with van der Waals surface area (Å²) in [5, 5.41) is 10.8. The van der Waals surface area contributed by atoms with Crippen molar-refractivity contribution in [3.63, 3.8) is 0 Å². The predicted octanol–water partition coefficient (Wildman–Crippen LogP) is 3.44. The lowest BCUT2D eigenvalue weighted by Crippen LogP contribution is -2.06. The molecule has 0 fully saturated rings. The number of hydrogen-bond donors (Lipinski definition) is 1. The number of hydrogen-bond acceptors (Lipinski definition) is 5. The molecule has 22 heavy (non-hydrogen) atoms. The van der Waals surface area contributed by atoms with Gasteiger partial charge in [-0.2, -0.15) is 0 Å². The molecule has 7 heteroatoms. The topological polar surface area (TPSA) is 68.7 Å². The van der Waals surface area contributed by atoms with Gasteiger partial charge in [0, 0.05) is 23.5 Å². The Morgan fingerprint density at radius 1 is 1.18 bits per heavy atom. The fraction of sp³-hybridized carbons (Fsp3) is 0.200. The van der Waals surface area contributed by atoms with Gasteiger partial charge in [-0.1, -0.05) is 29.3 Å². The summed E-state index contributed by atoms with van der Waals surface area (Å²) in [4.78, 5) is 15.4. The molecule has 0 spiro atoms. The quantitative estimate of drug-likeness (QED) is 0.843. The van der Waals surface area contributed by atoms with E-state index in [-0.39, 0.29) is 21.5 Å². The Labute approximate surface area is 137 Å². The zero-order chi connectivity index (χ0) is 16.3. The lowest BCUT2D eigenvalue weighted by Gasteiger charge is -2.18. The van der Waals surface area contributed by atoms with E-state index in [0.29, 0.717) is 23.2 Å². The number of aldehydes is 1. The third-order valence-corrected chi connectivity index (χ3v) is 3.83. The average molecular weight is 342 g/mol. The molecule has 0 radical (unpaired) electrons. The maximum Gasteiger partial charge on any atom is 0.203 e. The minimum atomic E-state index is -0.859. The molecule has 0 saturated heterocycles. The highest BCUT2D eigenvalue weighted by Gasteiger charge is 2.25. The van der Waals surface area contributed by atoms with Crippen molar-refractivity contribution in [1.29, 1.82) is 0 Å². The Kier molecular flexibility index (Phi) is 5.11. The van der Waals surface area contributed by atoms with Crippen LogP contribution < -0.4 is 9.47 Å². The number of rotatable bonds is 5. The van der Waals surface area contributed by atoms with E-state index >= 15 is 0 Å². The second-order valence-corrected chi connectivity index (χ2v) is 5.18. The van der Waals surface area contributed by atoms with Gasteiger partial charge in [0.05, 0.1) is 30.2 Å². The van der Waals surface area contributed by atoms with Crippen LogP contribution in [0.1, 0.15) is 17.0 Å². The summed E-state index contributed by atoms with van der Waals surface area (Å²) in [6.45, 7) is 0. The number of phenolic OH excluding ortho intramolecular Hbond substituents is 1. The molecule has 2 aromatic rings. The Morgan fingerprint density at radius 3 is 2.32 bits per heavy atom. The van der Waals surface area contributed by atoms with Gasteiger partial charge in [0.2, 0.25) is 5.75 Å². The van der Waals surface area contributed by atoms with Crippen molar-refractivity contribution in [2.24, 2.45) is 0 Å². The van der Waals surface area contributed by atoms with Crippen LogP contribution in [0.15, 0.2) is 24.5 Å². The van der Waals surface area contributed by atoms with Crippen LogP contribution in [0.3, 0.4) is 0 Å². The van der Waals surface area contributed by atoms with Crippen molar-refractivity contribution in [2.75, 3.05) is 14.2 Å². The number of carbonyl (C=O) groups is 1. The van der Waals surface area contributed by atoms with Crippen LogP contribution in [0.25, 0.3) is 0 Å². The Balaban J connectivity index is 2.65. The maximum atomic E-state index is 11.6. The summed E-state index contributed by atoms with van der Waals surface area (Å²) in [6, 6.07) is 3.15. The lowest BCUT2D eigenvalue weighted by atomic mass is 9.92. The molecular weight excluding hydrogens is 329 g/mol. The van der Waals surface area contributed by atoms with E-state index in [4.69, 9.17) is 32.7 Å². The van der Waals surface area contributed by atoms with E-state index in [1.165, 1.54) is 26.6 Å². The van der Waals surface area contributed by atoms with Crippen LogP contribution in [-0.4, -0.2) is 30.6 Å². The molecule has 1 unspecified atom stereocenters. The van der Waals surface area contributed by atoms with Crippen molar-refractivity contribution in [2.45, 2.75) is 5.92 Å². The number of nitrogens with zero attached hydrogens (tertiary/aromatic N) is 1. The van der Waals surface area contributed by atoms with Crippen molar-refractivity contribution in [3.8, 4) is 17.2 Å². The molecule has 1 atom stereocenters. The summed E-state index contributed by atoms with van der Waals surface area (Å²) in [6.07, 6.45) is 3.42. The highest BCUT2D eigenvalue weighted by atomic mass is 35.5. The SMILES string of the molecule is COc1ccc(C(C=O)c2c(Cl)cncc2Cl)c(O)c1OC. The fourth-order valence-corrected chi connectivity index (χ4v) is 2.79. The van der Waals surface area contributed by atoms with E-state index in [9.17, 15) is 9.90 Å². The molecule has 0 aliphatic carbocycles. The first-order valence-corrected chi connectivity index (χ1v) is 6.98. The number of methoxy groups -OCH3 is 2. The molecule has 1 N–H and O–H groups in total. The van der Waals surface area contributed by atoms with Crippen LogP contribution in [0.2, 0.25) is 10.0 Å². The van der Waals surface area contributed by atoms with Gasteiger partial charge in [0.15, 0.2) is 11.5 Å². The zero-order valence-corrected chi connectivity index (χ0v) is 13.4. The number of phenols is 1. The first kappa shape index (κ1) is 16.4. The Morgan fingerprint density at radius 2 is 1.82 bits per heavy atom. The molecule has 1 heterocycles. The summed E-state index contributed by atoms with van der Waals surface area (Å²) in [5.74, 6) is -0.584. The Hall–Kier alpha value is -1.98. The standard InChI is InChI=1S/C15H13Cl2NO4/c1-21-12-4-3-8(14(20)15(12)22-2)9(7-19)13-10(16)5-18-6-11(13)17/h3-7,9,20H,1-2H3.